The number of likely N-dealkylation sites (tertiary alicyclic amines) is 1. The molecule has 0 radical (unpaired) electrons. The standard InChI is InChI=1S/C21H13NO6/c23-16-7-3-1-5-12(16)9-13-10-18(24)22(20(13)26)11-15-19(25)14-6-2-4-8-17(14)28-21(15)27/h1-9,11,23H,10H2/b13-9-,15-11-. The first-order chi connectivity index (χ1) is 13.5. The fourth-order valence-corrected chi connectivity index (χ4v) is 3.01. The number of ether oxygens (including phenoxy) is 1. The summed E-state index contributed by atoms with van der Waals surface area (Å²) in [6, 6.07) is 12.6. The topological polar surface area (TPSA) is 101 Å². The van der Waals surface area contributed by atoms with Gasteiger partial charge in [0.15, 0.2) is 0 Å². The van der Waals surface area contributed by atoms with E-state index in [0.717, 1.165) is 11.1 Å². The number of amides is 2. The maximum absolute atomic E-state index is 12.6. The highest BCUT2D eigenvalue weighted by Crippen LogP contribution is 2.30. The molecule has 0 aliphatic carbocycles. The molecule has 0 aromatic heterocycles. The Labute approximate surface area is 159 Å². The summed E-state index contributed by atoms with van der Waals surface area (Å²) in [7, 11) is 0. The maximum atomic E-state index is 12.6. The molecule has 4 rings (SSSR count). The van der Waals surface area contributed by atoms with E-state index >= 15 is 0 Å². The molecule has 1 N–H and O–H groups in total. The molecule has 1 fully saturated rings. The lowest BCUT2D eigenvalue weighted by Crippen LogP contribution is -2.30. The molecule has 2 aromatic carbocycles. The van der Waals surface area contributed by atoms with Gasteiger partial charge in [-0.05, 0) is 24.3 Å². The highest BCUT2D eigenvalue weighted by atomic mass is 16.5. The van der Waals surface area contributed by atoms with Crippen LogP contribution in [-0.2, 0) is 14.4 Å². The summed E-state index contributed by atoms with van der Waals surface area (Å²) in [4.78, 5) is 50.4. The number of benzene rings is 2. The number of esters is 1. The third-order valence-corrected chi connectivity index (χ3v) is 4.43. The van der Waals surface area contributed by atoms with Gasteiger partial charge >= 0.3 is 5.97 Å². The molecule has 2 amide bonds. The second-order valence-corrected chi connectivity index (χ2v) is 6.23. The number of ketones is 1. The van der Waals surface area contributed by atoms with Crippen LogP contribution in [0.1, 0.15) is 22.3 Å². The van der Waals surface area contributed by atoms with Crippen LogP contribution in [0.4, 0.5) is 0 Å². The van der Waals surface area contributed by atoms with Gasteiger partial charge in [-0.1, -0.05) is 30.3 Å². The van der Waals surface area contributed by atoms with Crippen LogP contribution in [0, 0.1) is 0 Å². The molecule has 2 aliphatic rings. The third kappa shape index (κ3) is 2.88. The van der Waals surface area contributed by atoms with Crippen LogP contribution in [-0.4, -0.2) is 33.6 Å². The van der Waals surface area contributed by atoms with Gasteiger partial charge in [0, 0.05) is 17.3 Å². The number of carbonyl (C=O) groups excluding carboxylic acids is 4. The van der Waals surface area contributed by atoms with Gasteiger partial charge in [-0.25, -0.2) is 4.79 Å². The average molecular weight is 375 g/mol. The smallest absolute Gasteiger partial charge is 0.349 e. The Morgan fingerprint density at radius 1 is 0.964 bits per heavy atom. The summed E-state index contributed by atoms with van der Waals surface area (Å²) in [6.45, 7) is 0. The minimum atomic E-state index is -0.928. The molecule has 138 valence electrons. The number of phenols is 1. The fraction of sp³-hybridized carbons (Fsp3) is 0.0476. The van der Waals surface area contributed by atoms with Crippen molar-refractivity contribution in [3.8, 4) is 11.5 Å². The largest absolute Gasteiger partial charge is 0.507 e. The monoisotopic (exact) mass is 375 g/mol. The van der Waals surface area contributed by atoms with E-state index in [2.05, 4.69) is 0 Å². The Balaban J connectivity index is 1.68. The zero-order valence-electron chi connectivity index (χ0n) is 14.4. The number of nitrogens with zero attached hydrogens (tertiary/aromatic N) is 1. The molecular formula is C21H13NO6. The number of aromatic hydroxyl groups is 1. The van der Waals surface area contributed by atoms with E-state index in [-0.39, 0.29) is 29.1 Å². The molecule has 0 saturated carbocycles. The fourth-order valence-electron chi connectivity index (χ4n) is 3.01. The van der Waals surface area contributed by atoms with Crippen LogP contribution >= 0.6 is 0 Å². The first kappa shape index (κ1) is 17.4. The van der Waals surface area contributed by atoms with E-state index in [9.17, 15) is 24.3 Å². The summed E-state index contributed by atoms with van der Waals surface area (Å²) in [6.07, 6.45) is 2.12. The second-order valence-electron chi connectivity index (χ2n) is 6.23. The zero-order chi connectivity index (χ0) is 19.8. The van der Waals surface area contributed by atoms with Gasteiger partial charge in [0.05, 0.1) is 12.0 Å². The van der Waals surface area contributed by atoms with Crippen LogP contribution in [0.25, 0.3) is 6.08 Å². The van der Waals surface area contributed by atoms with E-state index in [1.807, 2.05) is 0 Å². The molecule has 0 spiro atoms. The van der Waals surface area contributed by atoms with Crippen LogP contribution in [0.3, 0.4) is 0 Å². The Morgan fingerprint density at radius 2 is 1.68 bits per heavy atom. The average Bonchev–Trinajstić information content (AvgIpc) is 2.94. The van der Waals surface area contributed by atoms with Crippen molar-refractivity contribution in [3.05, 3.63) is 77.0 Å². The van der Waals surface area contributed by atoms with Crippen LogP contribution in [0.5, 0.6) is 11.5 Å². The Bertz CT molecular complexity index is 1110. The lowest BCUT2D eigenvalue weighted by molar-refractivity contribution is -0.134. The maximum Gasteiger partial charge on any atom is 0.349 e. The Hall–Kier alpha value is -4.00. The number of imide groups is 1. The first-order valence-corrected chi connectivity index (χ1v) is 8.38. The summed E-state index contributed by atoms with van der Waals surface area (Å²) in [5, 5.41) is 9.84. The molecule has 0 bridgehead atoms. The van der Waals surface area contributed by atoms with Gasteiger partial charge in [-0.15, -0.1) is 0 Å². The van der Waals surface area contributed by atoms with Gasteiger partial charge in [0.25, 0.3) is 5.91 Å². The molecular weight excluding hydrogens is 362 g/mol. The molecule has 2 heterocycles. The van der Waals surface area contributed by atoms with E-state index < -0.39 is 29.1 Å². The van der Waals surface area contributed by atoms with Crippen molar-refractivity contribution in [2.45, 2.75) is 6.42 Å². The van der Waals surface area contributed by atoms with Gasteiger partial charge < -0.3 is 9.84 Å². The van der Waals surface area contributed by atoms with Crippen molar-refractivity contribution in [1.82, 2.24) is 4.90 Å². The van der Waals surface area contributed by atoms with Crippen LogP contribution < -0.4 is 4.74 Å². The van der Waals surface area contributed by atoms with Gasteiger partial charge in [-0.2, -0.15) is 0 Å². The zero-order valence-corrected chi connectivity index (χ0v) is 14.4. The summed E-state index contributed by atoms with van der Waals surface area (Å²) in [5.41, 5.74) is 0.303. The molecule has 1 saturated heterocycles. The number of rotatable bonds is 2. The van der Waals surface area contributed by atoms with Gasteiger partial charge in [0.1, 0.15) is 17.1 Å². The van der Waals surface area contributed by atoms with E-state index in [4.69, 9.17) is 4.74 Å². The van der Waals surface area contributed by atoms with Gasteiger partial charge in [-0.3, -0.25) is 19.3 Å². The Kier molecular flexibility index (Phi) is 4.12. The molecule has 7 nitrogen and oxygen atoms in total. The Morgan fingerprint density at radius 3 is 2.46 bits per heavy atom. The van der Waals surface area contributed by atoms with Crippen molar-refractivity contribution in [2.75, 3.05) is 0 Å². The molecule has 7 heteroatoms. The lowest BCUT2D eigenvalue weighted by Gasteiger charge is -2.18. The van der Waals surface area contributed by atoms with Crippen LogP contribution in [0.15, 0.2) is 65.9 Å². The van der Waals surface area contributed by atoms with E-state index in [0.29, 0.717) is 5.56 Å². The number of hydrogen-bond acceptors (Lipinski definition) is 6. The van der Waals surface area contributed by atoms with Crippen LogP contribution in [0.2, 0.25) is 0 Å². The van der Waals surface area contributed by atoms with Crippen molar-refractivity contribution in [2.24, 2.45) is 0 Å². The number of carbonyl (C=O) groups is 4. The molecule has 28 heavy (non-hydrogen) atoms. The molecule has 2 aromatic rings. The van der Waals surface area contributed by atoms with Crippen molar-refractivity contribution in [1.29, 1.82) is 0 Å². The van der Waals surface area contributed by atoms with Crippen molar-refractivity contribution in [3.63, 3.8) is 0 Å². The quantitative estimate of drug-likeness (QED) is 0.284. The highest BCUT2D eigenvalue weighted by molar-refractivity contribution is 6.28. The number of Topliss-reactive ketones (excluding diaryl/α,β-unsaturated/α-hetero) is 1. The number of hydrogen-bond donors (Lipinski definition) is 1. The molecule has 0 atom stereocenters. The first-order valence-electron chi connectivity index (χ1n) is 8.38. The number of phenolic OH excluding ortho intramolecular Hbond substituents is 1. The minimum absolute atomic E-state index is 0.0327. The lowest BCUT2D eigenvalue weighted by atomic mass is 10.0. The summed E-state index contributed by atoms with van der Waals surface area (Å²) >= 11 is 0. The minimum Gasteiger partial charge on any atom is -0.507 e. The predicted molar refractivity (Wildman–Crippen MR) is 97.0 cm³/mol. The third-order valence-electron chi connectivity index (χ3n) is 4.43. The molecule has 0 unspecified atom stereocenters. The SMILES string of the molecule is O=C1Oc2ccccc2C(=O)/C1=C/N1C(=O)C/C(=C/c2ccccc2O)C1=O. The van der Waals surface area contributed by atoms with Gasteiger partial charge in [0.2, 0.25) is 11.7 Å². The van der Waals surface area contributed by atoms with Crippen molar-refractivity contribution < 1.29 is 29.0 Å². The highest BCUT2D eigenvalue weighted by Gasteiger charge is 2.37. The van der Waals surface area contributed by atoms with E-state index in [1.165, 1.54) is 24.3 Å². The summed E-state index contributed by atoms with van der Waals surface area (Å²) < 4.78 is 5.11. The van der Waals surface area contributed by atoms with E-state index in [1.54, 1.807) is 30.3 Å². The normalized spacial score (nSPS) is 19.4. The molecule has 2 aliphatic heterocycles. The number of fused-ring (bicyclic) bond motifs is 1. The predicted octanol–water partition coefficient (Wildman–Crippen LogP) is 2.22. The number of para-hydroxylation sites is 2. The summed E-state index contributed by atoms with van der Waals surface area (Å²) in [5.74, 6) is -2.70. The van der Waals surface area contributed by atoms with Crippen molar-refractivity contribution >= 4 is 29.6 Å². The second kappa shape index (κ2) is 6.62.